The molecule has 2 aromatic heterocycles. The lowest BCUT2D eigenvalue weighted by Gasteiger charge is -2.08. The van der Waals surface area contributed by atoms with Gasteiger partial charge in [-0.15, -0.1) is 0 Å². The van der Waals surface area contributed by atoms with Crippen molar-refractivity contribution in [3.8, 4) is 23.1 Å². The second kappa shape index (κ2) is 6.65. The monoisotopic (exact) mass is 338 g/mol. The van der Waals surface area contributed by atoms with Crippen LogP contribution in [0.25, 0.3) is 11.3 Å². The highest BCUT2D eigenvalue weighted by Gasteiger charge is 2.13. The zero-order valence-electron chi connectivity index (χ0n) is 12.7. The summed E-state index contributed by atoms with van der Waals surface area (Å²) < 4.78 is 13.8. The molecule has 0 aliphatic carbocycles. The lowest BCUT2D eigenvalue weighted by molar-refractivity contribution is 0.628. The quantitative estimate of drug-likeness (QED) is 0.688. The smallest absolute Gasteiger partial charge is 0.220 e. The van der Waals surface area contributed by atoms with Crippen molar-refractivity contribution in [3.05, 3.63) is 70.4 Å². The van der Waals surface area contributed by atoms with Gasteiger partial charge in [0, 0.05) is 23.5 Å². The van der Waals surface area contributed by atoms with E-state index in [9.17, 15) is 4.39 Å². The molecule has 0 bridgehead atoms. The van der Waals surface area contributed by atoms with Crippen molar-refractivity contribution in [1.29, 1.82) is 0 Å². The molecule has 0 spiro atoms. The summed E-state index contributed by atoms with van der Waals surface area (Å²) >= 11 is 5.74. The predicted octanol–water partition coefficient (Wildman–Crippen LogP) is 3.62. The number of nitrogens with two attached hydrogens (primary N) is 1. The van der Waals surface area contributed by atoms with Crippen LogP contribution in [0.3, 0.4) is 0 Å². The van der Waals surface area contributed by atoms with E-state index in [2.05, 4.69) is 26.8 Å². The minimum Gasteiger partial charge on any atom is -0.368 e. The molecule has 3 aromatic rings. The van der Waals surface area contributed by atoms with Gasteiger partial charge in [-0.3, -0.25) is 4.98 Å². The van der Waals surface area contributed by atoms with E-state index in [-0.39, 0.29) is 11.0 Å². The molecule has 0 aliphatic rings. The highest BCUT2D eigenvalue weighted by atomic mass is 35.5. The van der Waals surface area contributed by atoms with E-state index in [0.29, 0.717) is 22.5 Å². The predicted molar refractivity (Wildman–Crippen MR) is 91.8 cm³/mol. The number of aryl methyl sites for hydroxylation is 1. The Morgan fingerprint density at radius 2 is 2.00 bits per heavy atom. The molecule has 0 amide bonds. The Morgan fingerprint density at radius 3 is 2.71 bits per heavy atom. The molecule has 0 fully saturated rings. The Bertz CT molecular complexity index is 962. The molecular formula is C18H12ClFN4. The van der Waals surface area contributed by atoms with E-state index in [4.69, 9.17) is 17.3 Å². The van der Waals surface area contributed by atoms with Crippen LogP contribution in [-0.2, 0) is 0 Å². The van der Waals surface area contributed by atoms with Gasteiger partial charge < -0.3 is 5.73 Å². The van der Waals surface area contributed by atoms with Gasteiger partial charge in [0.05, 0.1) is 22.0 Å². The van der Waals surface area contributed by atoms with E-state index in [0.717, 1.165) is 5.56 Å². The molecule has 4 nitrogen and oxygen atoms in total. The van der Waals surface area contributed by atoms with Gasteiger partial charge >= 0.3 is 0 Å². The Morgan fingerprint density at radius 1 is 1.17 bits per heavy atom. The zero-order chi connectivity index (χ0) is 17.1. The van der Waals surface area contributed by atoms with Gasteiger partial charge in [0.15, 0.2) is 0 Å². The maximum Gasteiger partial charge on any atom is 0.220 e. The number of benzene rings is 1. The van der Waals surface area contributed by atoms with Crippen molar-refractivity contribution < 1.29 is 4.39 Å². The van der Waals surface area contributed by atoms with Crippen LogP contribution in [0.1, 0.15) is 16.8 Å². The van der Waals surface area contributed by atoms with Crippen LogP contribution in [0.2, 0.25) is 5.02 Å². The van der Waals surface area contributed by atoms with Crippen molar-refractivity contribution in [2.75, 3.05) is 5.73 Å². The van der Waals surface area contributed by atoms with Crippen LogP contribution in [-0.4, -0.2) is 15.0 Å². The first-order chi connectivity index (χ1) is 11.5. The number of hydrogen-bond acceptors (Lipinski definition) is 4. The second-order valence-corrected chi connectivity index (χ2v) is 5.42. The molecule has 1 aromatic carbocycles. The third-order valence-corrected chi connectivity index (χ3v) is 3.60. The van der Waals surface area contributed by atoms with Crippen LogP contribution >= 0.6 is 11.6 Å². The zero-order valence-corrected chi connectivity index (χ0v) is 13.5. The summed E-state index contributed by atoms with van der Waals surface area (Å²) in [5.41, 5.74) is 8.68. The van der Waals surface area contributed by atoms with E-state index in [1.54, 1.807) is 31.5 Å². The Balaban J connectivity index is 2.16. The van der Waals surface area contributed by atoms with E-state index < -0.39 is 5.82 Å². The fourth-order valence-electron chi connectivity index (χ4n) is 2.17. The molecule has 24 heavy (non-hydrogen) atoms. The standard InChI is InChI=1S/C18H12ClFN4/c1-11-14(6-4-12-3-2-8-22-10-12)17(24-18(21)23-11)13-5-7-15(19)16(20)9-13/h2-3,5,7-10H,1H3,(H2,21,23,24). The number of nitrogen functional groups attached to an aromatic ring is 1. The van der Waals surface area contributed by atoms with Gasteiger partial charge in [0.1, 0.15) is 5.82 Å². The summed E-state index contributed by atoms with van der Waals surface area (Å²) in [7, 11) is 0. The van der Waals surface area contributed by atoms with Crippen molar-refractivity contribution in [2.24, 2.45) is 0 Å². The summed E-state index contributed by atoms with van der Waals surface area (Å²) in [5, 5.41) is 0.0421. The molecular weight excluding hydrogens is 327 g/mol. The molecule has 2 heterocycles. The first-order valence-corrected chi connectivity index (χ1v) is 7.44. The van der Waals surface area contributed by atoms with Gasteiger partial charge in [0.25, 0.3) is 0 Å². The lowest BCUT2D eigenvalue weighted by atomic mass is 10.0. The van der Waals surface area contributed by atoms with E-state index in [1.807, 2.05) is 6.07 Å². The minimum atomic E-state index is -0.532. The maximum atomic E-state index is 13.8. The number of pyridine rings is 1. The van der Waals surface area contributed by atoms with Gasteiger partial charge in [0.2, 0.25) is 5.95 Å². The lowest BCUT2D eigenvalue weighted by Crippen LogP contribution is -2.03. The Hall–Kier alpha value is -2.97. The molecule has 2 N–H and O–H groups in total. The van der Waals surface area contributed by atoms with Crippen molar-refractivity contribution in [2.45, 2.75) is 6.92 Å². The highest BCUT2D eigenvalue weighted by molar-refractivity contribution is 6.30. The molecule has 0 atom stereocenters. The van der Waals surface area contributed by atoms with Crippen molar-refractivity contribution in [3.63, 3.8) is 0 Å². The molecule has 0 saturated carbocycles. The molecule has 3 rings (SSSR count). The van der Waals surface area contributed by atoms with Crippen LogP contribution in [0.5, 0.6) is 0 Å². The first kappa shape index (κ1) is 15.9. The molecule has 0 saturated heterocycles. The molecule has 0 radical (unpaired) electrons. The average Bonchev–Trinajstić information content (AvgIpc) is 2.57. The van der Waals surface area contributed by atoms with Crippen LogP contribution < -0.4 is 5.73 Å². The summed E-state index contributed by atoms with van der Waals surface area (Å²) in [6.45, 7) is 1.78. The minimum absolute atomic E-state index is 0.0421. The summed E-state index contributed by atoms with van der Waals surface area (Å²) in [6, 6.07) is 8.08. The topological polar surface area (TPSA) is 64.7 Å². The van der Waals surface area contributed by atoms with Crippen LogP contribution in [0.15, 0.2) is 42.7 Å². The number of aromatic nitrogens is 3. The van der Waals surface area contributed by atoms with Gasteiger partial charge in [-0.2, -0.15) is 0 Å². The van der Waals surface area contributed by atoms with Gasteiger partial charge in [-0.25, -0.2) is 14.4 Å². The van der Waals surface area contributed by atoms with Gasteiger partial charge in [-0.1, -0.05) is 29.5 Å². The fourth-order valence-corrected chi connectivity index (χ4v) is 2.29. The average molecular weight is 339 g/mol. The van der Waals surface area contributed by atoms with Crippen molar-refractivity contribution >= 4 is 17.5 Å². The maximum absolute atomic E-state index is 13.8. The summed E-state index contributed by atoms with van der Waals surface area (Å²) in [5.74, 6) is 5.61. The SMILES string of the molecule is Cc1nc(N)nc(-c2ccc(Cl)c(F)c2)c1C#Cc1cccnc1. The van der Waals surface area contributed by atoms with Crippen LogP contribution in [0.4, 0.5) is 10.3 Å². The Labute approximate surface area is 143 Å². The number of halogens is 2. The molecule has 0 aliphatic heterocycles. The largest absolute Gasteiger partial charge is 0.368 e. The normalized spacial score (nSPS) is 10.1. The number of anilines is 1. The number of hydrogen-bond donors (Lipinski definition) is 1. The van der Waals surface area contributed by atoms with Crippen molar-refractivity contribution in [1.82, 2.24) is 15.0 Å². The fraction of sp³-hybridized carbons (Fsp3) is 0.0556. The van der Waals surface area contributed by atoms with Crippen LogP contribution in [0, 0.1) is 24.6 Å². The van der Waals surface area contributed by atoms with E-state index >= 15 is 0 Å². The van der Waals surface area contributed by atoms with E-state index in [1.165, 1.54) is 12.1 Å². The number of rotatable bonds is 1. The molecule has 0 unspecified atom stereocenters. The van der Waals surface area contributed by atoms with Gasteiger partial charge in [-0.05, 0) is 31.2 Å². The number of nitrogens with zero attached hydrogens (tertiary/aromatic N) is 3. The molecule has 118 valence electrons. The summed E-state index contributed by atoms with van der Waals surface area (Å²) in [4.78, 5) is 12.4. The third-order valence-electron chi connectivity index (χ3n) is 3.29. The highest BCUT2D eigenvalue weighted by Crippen LogP contribution is 2.27. The molecule has 6 heteroatoms. The Kier molecular flexibility index (Phi) is 4.41. The third kappa shape index (κ3) is 3.34. The second-order valence-electron chi connectivity index (χ2n) is 5.01. The first-order valence-electron chi connectivity index (χ1n) is 7.06. The summed E-state index contributed by atoms with van der Waals surface area (Å²) in [6.07, 6.45) is 3.33.